The molecule has 0 N–H and O–H groups in total. The average Bonchev–Trinajstić information content (AvgIpc) is 3.18. The summed E-state index contributed by atoms with van der Waals surface area (Å²) in [5.41, 5.74) is 6.02. The summed E-state index contributed by atoms with van der Waals surface area (Å²) in [7, 11) is 2.04. The molecule has 0 saturated carbocycles. The van der Waals surface area contributed by atoms with Crippen LogP contribution in [0.5, 0.6) is 0 Å². The fourth-order valence-corrected chi connectivity index (χ4v) is 3.53. The zero-order valence-corrected chi connectivity index (χ0v) is 15.3. The topological polar surface area (TPSA) is 35.1 Å². The number of hydrogen-bond donors (Lipinski definition) is 0. The van der Waals surface area contributed by atoms with Crippen molar-refractivity contribution < 1.29 is 0 Å². The van der Waals surface area contributed by atoms with Crippen LogP contribution in [0.15, 0.2) is 48.9 Å². The highest BCUT2D eigenvalue weighted by Crippen LogP contribution is 2.27. The van der Waals surface area contributed by atoms with E-state index < -0.39 is 0 Å². The summed E-state index contributed by atoms with van der Waals surface area (Å²) in [6.45, 7) is 6.65. The first-order valence-electron chi connectivity index (χ1n) is 8.91. The molecule has 1 unspecified atom stereocenters. The van der Waals surface area contributed by atoms with Crippen molar-refractivity contribution in [2.75, 3.05) is 0 Å². The van der Waals surface area contributed by atoms with E-state index in [0.29, 0.717) is 11.8 Å². The van der Waals surface area contributed by atoms with Gasteiger partial charge in [0, 0.05) is 31.0 Å². The largest absolute Gasteiger partial charge is 0.336 e. The minimum absolute atomic E-state index is 0.422. The highest BCUT2D eigenvalue weighted by Gasteiger charge is 2.13. The third kappa shape index (κ3) is 2.82. The number of aryl methyl sites for hydroxylation is 1. The Morgan fingerprint density at radius 3 is 2.72 bits per heavy atom. The molecule has 4 rings (SSSR count). The summed E-state index contributed by atoms with van der Waals surface area (Å²) in [5, 5.41) is 5.96. The Bertz CT molecular complexity index is 1040. The van der Waals surface area contributed by atoms with E-state index in [2.05, 4.69) is 73.0 Å². The van der Waals surface area contributed by atoms with Crippen molar-refractivity contribution in [3.63, 3.8) is 0 Å². The fraction of sp³-hybridized carbons (Fsp3) is 0.333. The lowest BCUT2D eigenvalue weighted by molar-refractivity contribution is 0.749. The van der Waals surface area contributed by atoms with Gasteiger partial charge in [-0.2, -0.15) is 5.10 Å². The molecule has 0 radical (unpaired) electrons. The quantitative estimate of drug-likeness (QED) is 0.543. The third-order valence-electron chi connectivity index (χ3n) is 5.01. The van der Waals surface area contributed by atoms with Gasteiger partial charge in [-0.15, -0.1) is 0 Å². The zero-order chi connectivity index (χ0) is 17.6. The highest BCUT2D eigenvalue weighted by molar-refractivity contribution is 5.80. The number of hydrogen-bond acceptors (Lipinski definition) is 2. The minimum Gasteiger partial charge on any atom is -0.336 e. The Morgan fingerprint density at radius 1 is 1.08 bits per heavy atom. The van der Waals surface area contributed by atoms with E-state index in [9.17, 15) is 0 Å². The maximum atomic E-state index is 4.71. The molecule has 0 aliphatic carbocycles. The van der Waals surface area contributed by atoms with E-state index in [-0.39, 0.29) is 0 Å². The van der Waals surface area contributed by atoms with Gasteiger partial charge in [0.25, 0.3) is 0 Å². The summed E-state index contributed by atoms with van der Waals surface area (Å²) < 4.78 is 4.09. The summed E-state index contributed by atoms with van der Waals surface area (Å²) in [5.74, 6) is 0.871. The maximum absolute atomic E-state index is 4.71. The number of rotatable bonds is 4. The van der Waals surface area contributed by atoms with Crippen molar-refractivity contribution in [1.29, 1.82) is 0 Å². The van der Waals surface area contributed by atoms with Crippen LogP contribution in [0.3, 0.4) is 0 Å². The molecular formula is C21H24N4. The molecular weight excluding hydrogens is 308 g/mol. The number of nitrogens with zero attached hydrogens (tertiary/aromatic N) is 4. The van der Waals surface area contributed by atoms with Gasteiger partial charge >= 0.3 is 0 Å². The van der Waals surface area contributed by atoms with E-state index in [1.807, 2.05) is 17.8 Å². The molecule has 0 aromatic carbocycles. The Hall–Kier alpha value is -2.62. The van der Waals surface area contributed by atoms with Gasteiger partial charge in [-0.05, 0) is 53.6 Å². The predicted octanol–water partition coefficient (Wildman–Crippen LogP) is 4.69. The van der Waals surface area contributed by atoms with Gasteiger partial charge in [0.1, 0.15) is 5.65 Å². The molecule has 4 aromatic rings. The molecule has 25 heavy (non-hydrogen) atoms. The normalized spacial score (nSPS) is 13.2. The van der Waals surface area contributed by atoms with Gasteiger partial charge in [0.15, 0.2) is 0 Å². The zero-order valence-electron chi connectivity index (χ0n) is 15.3. The second-order valence-corrected chi connectivity index (χ2v) is 7.30. The monoisotopic (exact) mass is 332 g/mol. The van der Waals surface area contributed by atoms with Crippen LogP contribution < -0.4 is 0 Å². The van der Waals surface area contributed by atoms with Crippen LogP contribution in [0.1, 0.15) is 49.4 Å². The molecule has 1 atom stereocenters. The van der Waals surface area contributed by atoms with Crippen LogP contribution in [-0.2, 0) is 13.5 Å². The smallest absolute Gasteiger partial charge is 0.139 e. The number of aromatic nitrogens is 4. The number of pyridine rings is 2. The standard InChI is InChI=1S/C21H24N4/c1-14(2)20-12-17-6-5-16(13-25(17)23-20)11-15(3)18-7-9-22-21-19(18)8-10-24(21)4/h5-10,12-15H,11H2,1-4H3. The molecule has 0 amide bonds. The Morgan fingerprint density at radius 2 is 1.92 bits per heavy atom. The Labute approximate surface area is 148 Å². The van der Waals surface area contributed by atoms with Crippen LogP contribution in [0.4, 0.5) is 0 Å². The van der Waals surface area contributed by atoms with Crippen molar-refractivity contribution in [1.82, 2.24) is 19.2 Å². The van der Waals surface area contributed by atoms with Gasteiger partial charge in [0.2, 0.25) is 0 Å². The molecule has 4 heterocycles. The third-order valence-corrected chi connectivity index (χ3v) is 5.01. The molecule has 0 saturated heterocycles. The number of fused-ring (bicyclic) bond motifs is 2. The predicted molar refractivity (Wildman–Crippen MR) is 102 cm³/mol. The highest BCUT2D eigenvalue weighted by atomic mass is 15.2. The van der Waals surface area contributed by atoms with Crippen LogP contribution in [-0.4, -0.2) is 19.2 Å². The van der Waals surface area contributed by atoms with Crippen molar-refractivity contribution in [2.24, 2.45) is 7.05 Å². The van der Waals surface area contributed by atoms with E-state index >= 15 is 0 Å². The summed E-state index contributed by atoms with van der Waals surface area (Å²) in [6.07, 6.45) is 7.15. The molecule has 0 aliphatic rings. The van der Waals surface area contributed by atoms with Gasteiger partial charge < -0.3 is 4.57 Å². The Kier molecular flexibility index (Phi) is 3.83. The molecule has 0 aliphatic heterocycles. The van der Waals surface area contributed by atoms with E-state index in [1.54, 1.807) is 0 Å². The molecule has 0 spiro atoms. The van der Waals surface area contributed by atoms with E-state index in [0.717, 1.165) is 23.3 Å². The summed E-state index contributed by atoms with van der Waals surface area (Å²) in [6, 6.07) is 10.9. The first kappa shape index (κ1) is 15.9. The van der Waals surface area contributed by atoms with Crippen LogP contribution in [0.2, 0.25) is 0 Å². The van der Waals surface area contributed by atoms with Gasteiger partial charge in [-0.25, -0.2) is 9.50 Å². The lowest BCUT2D eigenvalue weighted by atomic mass is 9.93. The lowest BCUT2D eigenvalue weighted by Crippen LogP contribution is -2.02. The first-order chi connectivity index (χ1) is 12.0. The molecule has 128 valence electrons. The van der Waals surface area contributed by atoms with Crippen molar-refractivity contribution in [2.45, 2.75) is 39.0 Å². The van der Waals surface area contributed by atoms with Gasteiger partial charge in [-0.1, -0.05) is 26.8 Å². The van der Waals surface area contributed by atoms with E-state index in [4.69, 9.17) is 5.10 Å². The molecule has 4 aromatic heterocycles. The summed E-state index contributed by atoms with van der Waals surface area (Å²) >= 11 is 0. The summed E-state index contributed by atoms with van der Waals surface area (Å²) in [4.78, 5) is 4.50. The minimum atomic E-state index is 0.422. The Balaban J connectivity index is 1.65. The molecule has 0 bridgehead atoms. The van der Waals surface area contributed by atoms with Crippen LogP contribution in [0, 0.1) is 0 Å². The fourth-order valence-electron chi connectivity index (χ4n) is 3.53. The first-order valence-corrected chi connectivity index (χ1v) is 8.91. The van der Waals surface area contributed by atoms with Crippen LogP contribution >= 0.6 is 0 Å². The van der Waals surface area contributed by atoms with E-state index in [1.165, 1.54) is 16.5 Å². The van der Waals surface area contributed by atoms with Gasteiger partial charge in [0.05, 0.1) is 11.2 Å². The SMILES string of the molecule is CC(C)c1cc2ccc(CC(C)c3ccnc4c3ccn4C)cn2n1. The second kappa shape index (κ2) is 6.03. The molecule has 4 nitrogen and oxygen atoms in total. The maximum Gasteiger partial charge on any atom is 0.139 e. The van der Waals surface area contributed by atoms with Gasteiger partial charge in [-0.3, -0.25) is 0 Å². The second-order valence-electron chi connectivity index (χ2n) is 7.30. The lowest BCUT2D eigenvalue weighted by Gasteiger charge is -2.13. The molecule has 4 heteroatoms. The van der Waals surface area contributed by atoms with Crippen molar-refractivity contribution >= 4 is 16.6 Å². The van der Waals surface area contributed by atoms with Crippen molar-refractivity contribution in [3.8, 4) is 0 Å². The molecule has 0 fully saturated rings. The van der Waals surface area contributed by atoms with Crippen LogP contribution in [0.25, 0.3) is 16.6 Å². The van der Waals surface area contributed by atoms with Crippen molar-refractivity contribution in [3.05, 3.63) is 65.7 Å². The average molecular weight is 332 g/mol.